The van der Waals surface area contributed by atoms with Gasteiger partial charge in [0.15, 0.2) is 0 Å². The maximum atomic E-state index is 2.54. The van der Waals surface area contributed by atoms with Crippen LogP contribution >= 0.6 is 0 Å². The van der Waals surface area contributed by atoms with Crippen molar-refractivity contribution in [2.24, 2.45) is 0 Å². The van der Waals surface area contributed by atoms with Crippen molar-refractivity contribution in [3.63, 3.8) is 0 Å². The predicted molar refractivity (Wildman–Crippen MR) is 284 cm³/mol. The molecule has 0 fully saturated rings. The highest BCUT2D eigenvalue weighted by Gasteiger charge is 2.44. The van der Waals surface area contributed by atoms with Crippen molar-refractivity contribution in [3.8, 4) is 22.3 Å². The van der Waals surface area contributed by atoms with E-state index in [1.807, 2.05) is 0 Å². The van der Waals surface area contributed by atoms with Crippen LogP contribution in [0.15, 0.2) is 206 Å². The van der Waals surface area contributed by atoms with Gasteiger partial charge in [-0.1, -0.05) is 172 Å². The summed E-state index contributed by atoms with van der Waals surface area (Å²) in [5, 5.41) is 0. The van der Waals surface area contributed by atoms with Gasteiger partial charge in [-0.3, -0.25) is 0 Å². The molecule has 0 radical (unpaired) electrons. The third-order valence-electron chi connectivity index (χ3n) is 13.7. The number of rotatable bonds is 9. The van der Waals surface area contributed by atoms with E-state index in [4.69, 9.17) is 0 Å². The lowest BCUT2D eigenvalue weighted by molar-refractivity contribution is 0.866. The highest BCUT2D eigenvalue weighted by molar-refractivity contribution is 7.00. The van der Waals surface area contributed by atoms with Crippen LogP contribution in [0.2, 0.25) is 0 Å². The summed E-state index contributed by atoms with van der Waals surface area (Å²) in [5.74, 6) is 0.858. The second-order valence-corrected chi connectivity index (χ2v) is 18.8. The lowest BCUT2D eigenvalue weighted by Crippen LogP contribution is -2.61. The van der Waals surface area contributed by atoms with Gasteiger partial charge in [-0.2, -0.15) is 0 Å². The molecule has 11 rings (SSSR count). The maximum Gasteiger partial charge on any atom is 0.252 e. The van der Waals surface area contributed by atoms with E-state index in [0.717, 1.165) is 28.4 Å². The second kappa shape index (κ2) is 16.8. The average Bonchev–Trinajstić information content (AvgIpc) is 3.35. The van der Waals surface area contributed by atoms with E-state index in [1.54, 1.807) is 0 Å². The minimum absolute atomic E-state index is 0.0162. The lowest BCUT2D eigenvalue weighted by atomic mass is 9.33. The van der Waals surface area contributed by atoms with Crippen LogP contribution in [-0.4, -0.2) is 6.71 Å². The van der Waals surface area contributed by atoms with Gasteiger partial charge >= 0.3 is 0 Å². The largest absolute Gasteiger partial charge is 0.311 e. The first-order chi connectivity index (χ1) is 32.2. The van der Waals surface area contributed by atoms with Crippen LogP contribution in [0.4, 0.5) is 51.2 Å². The maximum absolute atomic E-state index is 2.54. The monoisotopic (exact) mass is 851 g/mol. The van der Waals surface area contributed by atoms with Crippen LogP contribution in [0.1, 0.15) is 61.8 Å². The van der Waals surface area contributed by atoms with Gasteiger partial charge < -0.3 is 14.7 Å². The predicted octanol–water partition coefficient (Wildman–Crippen LogP) is 15.4. The molecule has 320 valence electrons. The van der Waals surface area contributed by atoms with E-state index in [2.05, 4.69) is 262 Å². The third kappa shape index (κ3) is 7.27. The molecule has 0 spiro atoms. The highest BCUT2D eigenvalue weighted by Crippen LogP contribution is 2.49. The molecule has 2 aliphatic rings. The zero-order valence-electron chi connectivity index (χ0n) is 38.7. The fraction of sp³-hybridized carbons (Fsp3) is 0.129. The van der Waals surface area contributed by atoms with Crippen molar-refractivity contribution < 1.29 is 0 Å². The zero-order chi connectivity index (χ0) is 45.1. The van der Waals surface area contributed by atoms with E-state index >= 15 is 0 Å². The van der Waals surface area contributed by atoms with Crippen LogP contribution in [0.25, 0.3) is 22.3 Å². The van der Waals surface area contributed by atoms with Crippen molar-refractivity contribution in [3.05, 3.63) is 229 Å². The van der Waals surface area contributed by atoms with Gasteiger partial charge in [-0.05, 0) is 148 Å². The summed E-state index contributed by atoms with van der Waals surface area (Å²) < 4.78 is 0. The molecule has 0 atom stereocenters. The molecule has 0 bridgehead atoms. The Kier molecular flexibility index (Phi) is 10.5. The Morgan fingerprint density at radius 2 is 0.773 bits per heavy atom. The number of anilines is 9. The van der Waals surface area contributed by atoms with E-state index in [-0.39, 0.29) is 6.71 Å². The van der Waals surface area contributed by atoms with Crippen LogP contribution in [0.5, 0.6) is 0 Å². The summed E-state index contributed by atoms with van der Waals surface area (Å²) in [5.41, 5.74) is 24.2. The first kappa shape index (κ1) is 41.2. The molecule has 4 heteroatoms. The Labute approximate surface area is 391 Å². The SMILES string of the molecule is Cc1ccc2c(c1)B1c3cc(C)ccc3N(c3ccc(C(C)C)cc3)c3cc(N(c4cccc(-c5ccccc5)c4)c4cccc(-c5ccccc5)c4)cc(c31)N2c1ccc(C(C)C)cc1. The molecule has 9 aromatic rings. The summed E-state index contributed by atoms with van der Waals surface area (Å²) in [6.07, 6.45) is 0. The number of nitrogens with zero attached hydrogens (tertiary/aromatic N) is 3. The van der Waals surface area contributed by atoms with Crippen LogP contribution < -0.4 is 31.1 Å². The Morgan fingerprint density at radius 1 is 0.364 bits per heavy atom. The normalized spacial score (nSPS) is 12.6. The molecular weight excluding hydrogens is 798 g/mol. The number of fused-ring (bicyclic) bond motifs is 4. The van der Waals surface area contributed by atoms with E-state index in [0.29, 0.717) is 11.8 Å². The molecule has 0 saturated heterocycles. The first-order valence-electron chi connectivity index (χ1n) is 23.5. The van der Waals surface area contributed by atoms with Crippen molar-refractivity contribution in [2.45, 2.75) is 53.4 Å². The fourth-order valence-corrected chi connectivity index (χ4v) is 10.3. The molecule has 0 aromatic heterocycles. The number of benzene rings is 9. The molecule has 0 unspecified atom stereocenters. The lowest BCUT2D eigenvalue weighted by Gasteiger charge is -2.45. The van der Waals surface area contributed by atoms with Gasteiger partial charge in [0.1, 0.15) is 0 Å². The molecule has 2 aliphatic heterocycles. The van der Waals surface area contributed by atoms with Crippen molar-refractivity contribution in [1.29, 1.82) is 0 Å². The third-order valence-corrected chi connectivity index (χ3v) is 13.7. The van der Waals surface area contributed by atoms with E-state index in [1.165, 1.54) is 83.6 Å². The van der Waals surface area contributed by atoms with Gasteiger partial charge in [0.05, 0.1) is 5.69 Å². The van der Waals surface area contributed by atoms with Gasteiger partial charge in [-0.15, -0.1) is 0 Å². The summed E-state index contributed by atoms with van der Waals surface area (Å²) in [4.78, 5) is 7.55. The quantitative estimate of drug-likeness (QED) is 0.134. The summed E-state index contributed by atoms with van der Waals surface area (Å²) >= 11 is 0. The minimum atomic E-state index is 0.0162. The minimum Gasteiger partial charge on any atom is -0.311 e. The Morgan fingerprint density at radius 3 is 1.18 bits per heavy atom. The number of aryl methyl sites for hydroxylation is 2. The molecular formula is C62H54BN3. The summed E-state index contributed by atoms with van der Waals surface area (Å²) in [7, 11) is 0. The Bertz CT molecular complexity index is 3020. The topological polar surface area (TPSA) is 9.72 Å². The Balaban J connectivity index is 1.24. The van der Waals surface area contributed by atoms with Gasteiger partial charge in [-0.25, -0.2) is 0 Å². The highest BCUT2D eigenvalue weighted by atomic mass is 15.2. The van der Waals surface area contributed by atoms with Gasteiger partial charge in [0, 0.05) is 45.5 Å². The van der Waals surface area contributed by atoms with Crippen molar-refractivity contribution in [1.82, 2.24) is 0 Å². The van der Waals surface area contributed by atoms with Crippen LogP contribution in [0.3, 0.4) is 0 Å². The van der Waals surface area contributed by atoms with E-state index < -0.39 is 0 Å². The first-order valence-corrected chi connectivity index (χ1v) is 23.5. The summed E-state index contributed by atoms with van der Waals surface area (Å²) in [6, 6.07) is 77.2. The molecule has 2 heterocycles. The van der Waals surface area contributed by atoms with Gasteiger partial charge in [0.25, 0.3) is 6.71 Å². The van der Waals surface area contributed by atoms with Crippen LogP contribution in [-0.2, 0) is 0 Å². The summed E-state index contributed by atoms with van der Waals surface area (Å²) in [6.45, 7) is 13.6. The second-order valence-electron chi connectivity index (χ2n) is 18.8. The molecule has 9 aromatic carbocycles. The molecule has 0 aliphatic carbocycles. The number of hydrogen-bond donors (Lipinski definition) is 0. The molecule has 0 amide bonds. The van der Waals surface area contributed by atoms with E-state index in [9.17, 15) is 0 Å². The van der Waals surface area contributed by atoms with Gasteiger partial charge in [0.2, 0.25) is 0 Å². The fourth-order valence-electron chi connectivity index (χ4n) is 10.3. The molecule has 66 heavy (non-hydrogen) atoms. The van der Waals surface area contributed by atoms with Crippen molar-refractivity contribution >= 4 is 74.3 Å². The number of hydrogen-bond acceptors (Lipinski definition) is 3. The standard InChI is InChI=1S/C62H54BN3/c1-41(2)45-25-29-51(30-26-45)65-58-33-23-43(5)35-56(58)63-57-36-44(6)24-34-59(57)66(52-31-27-46(28-32-52)42(3)4)61-40-55(39-60(65)62(61)63)64(53-21-13-19-49(37-53)47-15-9-7-10-16-47)54-22-14-20-50(38-54)48-17-11-8-12-18-48/h7-42H,1-6H3. The molecule has 3 nitrogen and oxygen atoms in total. The average molecular weight is 852 g/mol. The van der Waals surface area contributed by atoms with Crippen molar-refractivity contribution in [2.75, 3.05) is 14.7 Å². The molecule has 0 saturated carbocycles. The smallest absolute Gasteiger partial charge is 0.252 e. The Hall–Kier alpha value is -7.56. The van der Waals surface area contributed by atoms with Crippen LogP contribution in [0, 0.1) is 13.8 Å². The zero-order valence-corrected chi connectivity index (χ0v) is 38.7. The molecule has 0 N–H and O–H groups in total.